The lowest BCUT2D eigenvalue weighted by molar-refractivity contribution is -0.144. The number of aliphatic hydroxyl groups excluding tert-OH is 1. The topological polar surface area (TPSA) is 46.5 Å². The average Bonchev–Trinajstić information content (AvgIpc) is 1.68. The highest BCUT2D eigenvalue weighted by atomic mass is 16.5. The maximum absolute atomic E-state index is 10.0. The predicted octanol–water partition coefficient (Wildman–Crippen LogP) is 0.566. The van der Waals surface area contributed by atoms with Crippen LogP contribution in [-0.2, 0) is 9.53 Å². The third kappa shape index (κ3) is 18.6. The van der Waals surface area contributed by atoms with Crippen molar-refractivity contribution < 1.29 is 14.6 Å². The summed E-state index contributed by atoms with van der Waals surface area (Å²) in [6.45, 7) is 5.04. The lowest BCUT2D eigenvalue weighted by Crippen LogP contribution is -2.06. The van der Waals surface area contributed by atoms with E-state index in [-0.39, 0.29) is 12.1 Å². The highest BCUT2D eigenvalue weighted by molar-refractivity contribution is 5.66. The Bertz CT molecular complexity index is 68.7. The van der Waals surface area contributed by atoms with Crippen LogP contribution in [0.25, 0.3) is 0 Å². The van der Waals surface area contributed by atoms with Gasteiger partial charge in [0.05, 0.1) is 6.10 Å². The van der Waals surface area contributed by atoms with Gasteiger partial charge in [0.25, 0.3) is 0 Å². The minimum absolute atomic E-state index is 0.0255. The van der Waals surface area contributed by atoms with Gasteiger partial charge in [0.1, 0.15) is 0 Å². The molecule has 0 heterocycles. The van der Waals surface area contributed by atoms with Crippen LogP contribution in [0.3, 0.4) is 0 Å². The Kier molecular flexibility index (Phi) is 9.29. The number of rotatable bonds is 1. The van der Waals surface area contributed by atoms with Gasteiger partial charge in [-0.25, -0.2) is 0 Å². The zero-order valence-corrected chi connectivity index (χ0v) is 6.34. The third-order valence-corrected chi connectivity index (χ3v) is 0.402. The highest BCUT2D eigenvalue weighted by Crippen LogP contribution is 1.85. The normalized spacial score (nSPS) is 7.78. The summed E-state index contributed by atoms with van der Waals surface area (Å²) in [5.41, 5.74) is 0. The van der Waals surface area contributed by atoms with E-state index >= 15 is 0 Å². The maximum Gasteiger partial charge on any atom is 0.302 e. The van der Waals surface area contributed by atoms with Gasteiger partial charge >= 0.3 is 5.97 Å². The van der Waals surface area contributed by atoms with Gasteiger partial charge in [0, 0.05) is 14.0 Å². The van der Waals surface area contributed by atoms with Gasteiger partial charge in [-0.2, -0.15) is 0 Å². The fourth-order valence-corrected chi connectivity index (χ4v) is 0.332. The number of ether oxygens (including phenoxy) is 1. The first-order valence-corrected chi connectivity index (χ1v) is 2.75. The summed E-state index contributed by atoms with van der Waals surface area (Å²) in [5.74, 6) is -0.213. The highest BCUT2D eigenvalue weighted by Gasteiger charge is 1.93. The van der Waals surface area contributed by atoms with E-state index in [4.69, 9.17) is 5.11 Å². The number of hydrogen-bond acceptors (Lipinski definition) is 3. The molecule has 0 amide bonds. The lowest BCUT2D eigenvalue weighted by atomic mass is 10.5. The first-order chi connectivity index (χ1) is 4.13. The number of hydrogen-bond donors (Lipinski definition) is 1. The van der Waals surface area contributed by atoms with Gasteiger partial charge in [-0.05, 0) is 13.8 Å². The van der Waals surface area contributed by atoms with Crippen molar-refractivity contribution in [2.45, 2.75) is 26.9 Å². The van der Waals surface area contributed by atoms with Crippen molar-refractivity contribution in [2.24, 2.45) is 0 Å². The molecule has 0 spiro atoms. The Morgan fingerprint density at radius 1 is 1.44 bits per heavy atom. The fourth-order valence-electron chi connectivity index (χ4n) is 0.332. The van der Waals surface area contributed by atoms with Crippen molar-refractivity contribution >= 4 is 5.97 Å². The van der Waals surface area contributed by atoms with E-state index in [1.807, 2.05) is 13.8 Å². The standard InChI is InChI=1S/C5H10O2.CH4O/c1-4(2)7-5(3)6;1-2/h4H,1-3H3;2H,1H3. The zero-order valence-electron chi connectivity index (χ0n) is 6.34. The molecule has 3 nitrogen and oxygen atoms in total. The molecule has 0 unspecified atom stereocenters. The minimum Gasteiger partial charge on any atom is -0.463 e. The van der Waals surface area contributed by atoms with Gasteiger partial charge in [0.2, 0.25) is 0 Å². The van der Waals surface area contributed by atoms with Crippen molar-refractivity contribution in [3.63, 3.8) is 0 Å². The first-order valence-electron chi connectivity index (χ1n) is 2.75. The van der Waals surface area contributed by atoms with E-state index < -0.39 is 0 Å². The third-order valence-electron chi connectivity index (χ3n) is 0.402. The van der Waals surface area contributed by atoms with Crippen molar-refractivity contribution in [2.75, 3.05) is 7.11 Å². The summed E-state index contributed by atoms with van der Waals surface area (Å²) in [6.07, 6.45) is 0.0255. The van der Waals surface area contributed by atoms with Crippen molar-refractivity contribution in [1.29, 1.82) is 0 Å². The molecule has 3 heteroatoms. The Balaban J connectivity index is 0. The Hall–Kier alpha value is -0.570. The molecule has 0 aliphatic carbocycles. The number of carbonyl (C=O) groups is 1. The van der Waals surface area contributed by atoms with Gasteiger partial charge in [-0.3, -0.25) is 4.79 Å². The summed E-state index contributed by atoms with van der Waals surface area (Å²) < 4.78 is 4.61. The number of esters is 1. The molecule has 1 N–H and O–H groups in total. The Labute approximate surface area is 55.6 Å². The first kappa shape index (κ1) is 11.3. The molecule has 0 aliphatic rings. The van der Waals surface area contributed by atoms with E-state index in [2.05, 4.69) is 4.74 Å². The predicted molar refractivity (Wildman–Crippen MR) is 35.0 cm³/mol. The zero-order chi connectivity index (χ0) is 7.86. The van der Waals surface area contributed by atoms with Crippen molar-refractivity contribution in [3.8, 4) is 0 Å². The quantitative estimate of drug-likeness (QED) is 0.533. The van der Waals surface area contributed by atoms with Crippen LogP contribution in [0.2, 0.25) is 0 Å². The summed E-state index contributed by atoms with van der Waals surface area (Å²) in [5, 5.41) is 7.00. The van der Waals surface area contributed by atoms with Crippen molar-refractivity contribution in [1.82, 2.24) is 0 Å². The maximum atomic E-state index is 10.0. The summed E-state index contributed by atoms with van der Waals surface area (Å²) in [6, 6.07) is 0. The molecule has 56 valence electrons. The molecule has 0 fully saturated rings. The van der Waals surface area contributed by atoms with Crippen LogP contribution in [0.15, 0.2) is 0 Å². The summed E-state index contributed by atoms with van der Waals surface area (Å²) in [4.78, 5) is 10.0. The van der Waals surface area contributed by atoms with Gasteiger partial charge in [-0.15, -0.1) is 0 Å². The van der Waals surface area contributed by atoms with E-state index in [9.17, 15) is 4.79 Å². The van der Waals surface area contributed by atoms with Gasteiger partial charge in [-0.1, -0.05) is 0 Å². The molecule has 0 saturated carbocycles. The van der Waals surface area contributed by atoms with E-state index in [0.717, 1.165) is 7.11 Å². The number of carbonyl (C=O) groups excluding carboxylic acids is 1. The molecular formula is C6H14O3. The molecule has 9 heavy (non-hydrogen) atoms. The number of aliphatic hydroxyl groups is 1. The van der Waals surface area contributed by atoms with E-state index in [1.54, 1.807) is 0 Å². The van der Waals surface area contributed by atoms with Crippen LogP contribution < -0.4 is 0 Å². The van der Waals surface area contributed by atoms with Crippen molar-refractivity contribution in [3.05, 3.63) is 0 Å². The molecular weight excluding hydrogens is 120 g/mol. The van der Waals surface area contributed by atoms with Crippen LogP contribution in [0.5, 0.6) is 0 Å². The monoisotopic (exact) mass is 134 g/mol. The lowest BCUT2D eigenvalue weighted by Gasteiger charge is -2.01. The van der Waals surface area contributed by atoms with Crippen LogP contribution in [0, 0.1) is 0 Å². The van der Waals surface area contributed by atoms with Crippen LogP contribution in [0.4, 0.5) is 0 Å². The molecule has 0 radical (unpaired) electrons. The van der Waals surface area contributed by atoms with Crippen LogP contribution in [-0.4, -0.2) is 24.3 Å². The second kappa shape index (κ2) is 7.43. The SMILES string of the molecule is CC(=O)OC(C)C.CO. The smallest absolute Gasteiger partial charge is 0.302 e. The second-order valence-corrected chi connectivity index (χ2v) is 1.66. The molecule has 0 saturated heterocycles. The largest absolute Gasteiger partial charge is 0.463 e. The molecule has 0 aromatic rings. The average molecular weight is 134 g/mol. The summed E-state index contributed by atoms with van der Waals surface area (Å²) >= 11 is 0. The van der Waals surface area contributed by atoms with E-state index in [0.29, 0.717) is 0 Å². The van der Waals surface area contributed by atoms with E-state index in [1.165, 1.54) is 6.92 Å². The van der Waals surface area contributed by atoms with Crippen LogP contribution in [0.1, 0.15) is 20.8 Å². The fraction of sp³-hybridized carbons (Fsp3) is 0.833. The Morgan fingerprint density at radius 2 is 1.78 bits per heavy atom. The Morgan fingerprint density at radius 3 is 1.78 bits per heavy atom. The van der Waals surface area contributed by atoms with Gasteiger partial charge in [0.15, 0.2) is 0 Å². The second-order valence-electron chi connectivity index (χ2n) is 1.66. The van der Waals surface area contributed by atoms with Crippen LogP contribution >= 0.6 is 0 Å². The van der Waals surface area contributed by atoms with Gasteiger partial charge < -0.3 is 9.84 Å². The molecule has 0 bridgehead atoms. The molecule has 0 aromatic carbocycles. The molecule has 0 atom stereocenters. The molecule has 0 aliphatic heterocycles. The molecule has 0 rings (SSSR count). The molecule has 0 aromatic heterocycles. The minimum atomic E-state index is -0.213. The summed E-state index contributed by atoms with van der Waals surface area (Å²) in [7, 11) is 1.00.